The Hall–Kier alpha value is -3.22. The molecule has 0 amide bonds. The van der Waals surface area contributed by atoms with Crippen LogP contribution in [0.3, 0.4) is 0 Å². The van der Waals surface area contributed by atoms with Crippen molar-refractivity contribution >= 4 is 5.69 Å². The number of nitro benzene ring substituents is 1. The number of nitrogens with zero attached hydrogens (tertiary/aromatic N) is 1. The van der Waals surface area contributed by atoms with Gasteiger partial charge in [0.2, 0.25) is 0 Å². The molecule has 2 heterocycles. The Labute approximate surface area is 188 Å². The van der Waals surface area contributed by atoms with Crippen LogP contribution in [0.1, 0.15) is 76.1 Å². The Morgan fingerprint density at radius 3 is 1.59 bits per heavy atom. The molecule has 0 fully saturated rings. The summed E-state index contributed by atoms with van der Waals surface area (Å²) in [6, 6.07) is 10.5. The number of benzene rings is 1. The van der Waals surface area contributed by atoms with Crippen molar-refractivity contribution in [1.29, 1.82) is 0 Å². The van der Waals surface area contributed by atoms with Crippen molar-refractivity contribution < 1.29 is 23.2 Å². The van der Waals surface area contributed by atoms with Crippen molar-refractivity contribution in [3.8, 4) is 11.5 Å². The molecule has 0 aliphatic rings. The fraction of sp³-hybridized carbons (Fsp3) is 0.440. The van der Waals surface area contributed by atoms with Crippen LogP contribution in [0.25, 0.3) is 0 Å². The minimum absolute atomic E-state index is 0.102. The van der Waals surface area contributed by atoms with Crippen molar-refractivity contribution in [2.45, 2.75) is 58.3 Å². The number of furan rings is 2. The summed E-state index contributed by atoms with van der Waals surface area (Å²) in [5.41, 5.74) is -0.134. The molecule has 32 heavy (non-hydrogen) atoms. The van der Waals surface area contributed by atoms with Crippen molar-refractivity contribution in [3.05, 3.63) is 75.1 Å². The lowest BCUT2D eigenvalue weighted by atomic mass is 9.92. The first-order chi connectivity index (χ1) is 14.9. The number of methoxy groups -OCH3 is 2. The largest absolute Gasteiger partial charge is 0.493 e. The van der Waals surface area contributed by atoms with Gasteiger partial charge in [-0.2, -0.15) is 0 Å². The molecule has 3 rings (SSSR count). The molecule has 0 aliphatic heterocycles. The van der Waals surface area contributed by atoms with Crippen LogP contribution in [0.15, 0.2) is 45.2 Å². The molecule has 0 unspecified atom stereocenters. The van der Waals surface area contributed by atoms with E-state index in [1.165, 1.54) is 20.3 Å². The maximum atomic E-state index is 12.0. The van der Waals surface area contributed by atoms with Gasteiger partial charge in [0.25, 0.3) is 5.69 Å². The predicted octanol–water partition coefficient (Wildman–Crippen LogP) is 6.57. The Kier molecular flexibility index (Phi) is 6.13. The van der Waals surface area contributed by atoms with Gasteiger partial charge in [0.05, 0.1) is 30.8 Å². The van der Waals surface area contributed by atoms with E-state index in [4.69, 9.17) is 18.3 Å². The minimum Gasteiger partial charge on any atom is -0.493 e. The molecular formula is C25H31NO6. The van der Waals surface area contributed by atoms with Crippen molar-refractivity contribution in [1.82, 2.24) is 0 Å². The van der Waals surface area contributed by atoms with Gasteiger partial charge in [-0.1, -0.05) is 41.5 Å². The molecule has 1 aromatic carbocycles. The highest BCUT2D eigenvalue weighted by Crippen LogP contribution is 2.45. The van der Waals surface area contributed by atoms with Gasteiger partial charge in [-0.05, 0) is 30.3 Å². The highest BCUT2D eigenvalue weighted by Gasteiger charge is 2.34. The topological polar surface area (TPSA) is 87.9 Å². The van der Waals surface area contributed by atoms with Gasteiger partial charge in [-0.3, -0.25) is 10.1 Å². The van der Waals surface area contributed by atoms with Crippen LogP contribution in [0.4, 0.5) is 5.69 Å². The van der Waals surface area contributed by atoms with Crippen molar-refractivity contribution in [3.63, 3.8) is 0 Å². The average Bonchev–Trinajstić information content (AvgIpc) is 3.37. The molecule has 7 heteroatoms. The first-order valence-electron chi connectivity index (χ1n) is 10.5. The fourth-order valence-electron chi connectivity index (χ4n) is 3.54. The predicted molar refractivity (Wildman–Crippen MR) is 122 cm³/mol. The first kappa shape index (κ1) is 23.4. The SMILES string of the molecule is COc1cc(C(c2ccc(C(C)(C)C)o2)c2ccc(C(C)(C)C)o2)c([N+](=O)[O-])cc1OC. The quantitative estimate of drug-likeness (QED) is 0.317. The summed E-state index contributed by atoms with van der Waals surface area (Å²) in [7, 11) is 2.95. The van der Waals surface area contributed by atoms with Crippen LogP contribution in [0.5, 0.6) is 11.5 Å². The monoisotopic (exact) mass is 441 g/mol. The van der Waals surface area contributed by atoms with Crippen LogP contribution >= 0.6 is 0 Å². The Balaban J connectivity index is 2.29. The second-order valence-corrected chi connectivity index (χ2v) is 9.86. The van der Waals surface area contributed by atoms with E-state index in [1.54, 1.807) is 6.07 Å². The molecule has 0 saturated carbocycles. The fourth-order valence-corrected chi connectivity index (χ4v) is 3.54. The lowest BCUT2D eigenvalue weighted by Gasteiger charge is -2.19. The summed E-state index contributed by atoms with van der Waals surface area (Å²) in [6.07, 6.45) is 0. The summed E-state index contributed by atoms with van der Waals surface area (Å²) in [5, 5.41) is 12.0. The maximum Gasteiger partial charge on any atom is 0.277 e. The molecule has 0 atom stereocenters. The molecule has 7 nitrogen and oxygen atoms in total. The normalized spacial score (nSPS) is 12.3. The third-order valence-corrected chi connectivity index (χ3v) is 5.34. The molecule has 0 bridgehead atoms. The molecule has 0 spiro atoms. The highest BCUT2D eigenvalue weighted by atomic mass is 16.6. The summed E-state index contributed by atoms with van der Waals surface area (Å²) < 4.78 is 23.2. The number of hydrogen-bond acceptors (Lipinski definition) is 6. The van der Waals surface area contributed by atoms with Crippen LogP contribution in [0.2, 0.25) is 0 Å². The summed E-state index contributed by atoms with van der Waals surface area (Å²) in [6.45, 7) is 12.3. The van der Waals surface area contributed by atoms with Crippen LogP contribution in [0, 0.1) is 10.1 Å². The summed E-state index contributed by atoms with van der Waals surface area (Å²) >= 11 is 0. The molecule has 0 N–H and O–H groups in total. The van der Waals surface area contributed by atoms with E-state index in [9.17, 15) is 10.1 Å². The molecule has 2 aromatic heterocycles. The minimum atomic E-state index is -0.637. The summed E-state index contributed by atoms with van der Waals surface area (Å²) in [4.78, 5) is 11.6. The van der Waals surface area contributed by atoms with Gasteiger partial charge < -0.3 is 18.3 Å². The summed E-state index contributed by atoms with van der Waals surface area (Å²) in [5.74, 6) is 2.71. The lowest BCUT2D eigenvalue weighted by Crippen LogP contribution is -2.11. The smallest absolute Gasteiger partial charge is 0.277 e. The Morgan fingerprint density at radius 2 is 1.25 bits per heavy atom. The first-order valence-corrected chi connectivity index (χ1v) is 10.5. The third kappa shape index (κ3) is 4.52. The van der Waals surface area contributed by atoms with E-state index < -0.39 is 10.8 Å². The van der Waals surface area contributed by atoms with Gasteiger partial charge in [-0.25, -0.2) is 0 Å². The maximum absolute atomic E-state index is 12.0. The highest BCUT2D eigenvalue weighted by molar-refractivity contribution is 5.58. The zero-order valence-electron chi connectivity index (χ0n) is 19.9. The average molecular weight is 442 g/mol. The van der Waals surface area contributed by atoms with Gasteiger partial charge in [0.1, 0.15) is 29.0 Å². The molecule has 172 valence electrons. The van der Waals surface area contributed by atoms with Gasteiger partial charge in [-0.15, -0.1) is 0 Å². The zero-order chi connectivity index (χ0) is 23.8. The van der Waals surface area contributed by atoms with Crippen LogP contribution < -0.4 is 9.47 Å². The second kappa shape index (κ2) is 8.37. The molecule has 0 radical (unpaired) electrons. The van der Waals surface area contributed by atoms with Crippen molar-refractivity contribution in [2.75, 3.05) is 14.2 Å². The van der Waals surface area contributed by atoms with Gasteiger partial charge in [0, 0.05) is 10.8 Å². The van der Waals surface area contributed by atoms with Gasteiger partial charge in [0.15, 0.2) is 11.5 Å². The lowest BCUT2D eigenvalue weighted by molar-refractivity contribution is -0.385. The number of rotatable bonds is 6. The molecule has 0 aliphatic carbocycles. The number of nitro groups is 1. The van der Waals surface area contributed by atoms with E-state index in [2.05, 4.69) is 0 Å². The van der Waals surface area contributed by atoms with Crippen LogP contribution in [-0.2, 0) is 10.8 Å². The second-order valence-electron chi connectivity index (χ2n) is 9.86. The van der Waals surface area contributed by atoms with E-state index >= 15 is 0 Å². The molecule has 0 saturated heterocycles. The van der Waals surface area contributed by atoms with E-state index in [0.29, 0.717) is 22.8 Å². The standard InChI is InChI=1S/C25H31NO6/c1-24(2,3)21-11-9-17(31-21)23(18-10-12-22(32-18)25(4,5)6)15-13-19(29-7)20(30-8)14-16(15)26(27)28/h9-14,23H,1-8H3. The van der Waals surface area contributed by atoms with E-state index in [1.807, 2.05) is 65.8 Å². The number of ether oxygens (including phenoxy) is 2. The molecular weight excluding hydrogens is 410 g/mol. The van der Waals surface area contributed by atoms with Crippen molar-refractivity contribution in [2.24, 2.45) is 0 Å². The molecule has 3 aromatic rings. The Morgan fingerprint density at radius 1 is 0.812 bits per heavy atom. The zero-order valence-corrected chi connectivity index (χ0v) is 19.9. The third-order valence-electron chi connectivity index (χ3n) is 5.34. The van der Waals surface area contributed by atoms with E-state index in [0.717, 1.165) is 11.5 Å². The Bertz CT molecular complexity index is 1060. The van der Waals surface area contributed by atoms with Gasteiger partial charge >= 0.3 is 0 Å². The van der Waals surface area contributed by atoms with Crippen LogP contribution in [-0.4, -0.2) is 19.1 Å². The van der Waals surface area contributed by atoms with E-state index in [-0.39, 0.29) is 22.3 Å². The number of hydrogen-bond donors (Lipinski definition) is 0.